The van der Waals surface area contributed by atoms with Gasteiger partial charge in [-0.05, 0) is 42.5 Å². The summed E-state index contributed by atoms with van der Waals surface area (Å²) in [6.07, 6.45) is 5.86. The number of benzene rings is 1. The molecule has 7 heteroatoms. The summed E-state index contributed by atoms with van der Waals surface area (Å²) in [4.78, 5) is 18.7. The Morgan fingerprint density at radius 1 is 1.26 bits per heavy atom. The van der Waals surface area contributed by atoms with Gasteiger partial charge in [-0.15, -0.1) is 0 Å². The summed E-state index contributed by atoms with van der Waals surface area (Å²) in [6, 6.07) is 7.77. The van der Waals surface area contributed by atoms with E-state index in [9.17, 15) is 4.79 Å². The maximum absolute atomic E-state index is 13.1. The fraction of sp³-hybridized carbons (Fsp3) is 0.375. The molecular weight excluding hydrogens is 392 g/mol. The number of ether oxygens (including phenoxy) is 2. The standard InChI is InChI=1S/C24H28N4O3/c1-15-18-14-23(27-21(18)5-3-19(15)25)24(29)22-13-16-12-17(2-4-20(16)26-22)31-11-8-28-6-9-30-10-7-28/h2-5,12-15,18,26-27H,6-11,25H2,1H3. The Kier molecular flexibility index (Phi) is 5.29. The molecule has 2 unspecified atom stereocenters. The second-order valence-corrected chi connectivity index (χ2v) is 8.37. The molecule has 1 aromatic heterocycles. The number of aromatic amines is 1. The van der Waals surface area contributed by atoms with Crippen molar-refractivity contribution in [2.75, 3.05) is 39.5 Å². The minimum atomic E-state index is -0.0490. The van der Waals surface area contributed by atoms with Crippen molar-refractivity contribution in [2.45, 2.75) is 6.92 Å². The summed E-state index contributed by atoms with van der Waals surface area (Å²) >= 11 is 0. The third-order valence-electron chi connectivity index (χ3n) is 6.37. The van der Waals surface area contributed by atoms with E-state index in [-0.39, 0.29) is 17.6 Å². The van der Waals surface area contributed by atoms with Gasteiger partial charge in [-0.1, -0.05) is 6.92 Å². The van der Waals surface area contributed by atoms with Crippen molar-refractivity contribution in [3.63, 3.8) is 0 Å². The lowest BCUT2D eigenvalue weighted by Gasteiger charge is -2.26. The number of rotatable bonds is 6. The molecule has 0 amide bonds. The quantitative estimate of drug-likeness (QED) is 0.622. The molecule has 2 atom stereocenters. The normalized spacial score (nSPS) is 23.6. The largest absolute Gasteiger partial charge is 0.492 e. The van der Waals surface area contributed by atoms with E-state index in [0.717, 1.165) is 60.9 Å². The number of morpholine rings is 1. The number of hydrogen-bond acceptors (Lipinski definition) is 6. The summed E-state index contributed by atoms with van der Waals surface area (Å²) in [5.74, 6) is 1.06. The van der Waals surface area contributed by atoms with E-state index >= 15 is 0 Å². The molecule has 0 saturated carbocycles. The minimum Gasteiger partial charge on any atom is -0.492 e. The zero-order valence-corrected chi connectivity index (χ0v) is 17.7. The van der Waals surface area contributed by atoms with Gasteiger partial charge in [-0.2, -0.15) is 0 Å². The number of hydrogen-bond donors (Lipinski definition) is 3. The Bertz CT molecular complexity index is 1090. The molecule has 1 aliphatic carbocycles. The molecule has 162 valence electrons. The second kappa shape index (κ2) is 8.24. The van der Waals surface area contributed by atoms with Gasteiger partial charge in [0.05, 0.1) is 24.6 Å². The first-order valence-electron chi connectivity index (χ1n) is 10.8. The highest BCUT2D eigenvalue weighted by Gasteiger charge is 2.32. The lowest BCUT2D eigenvalue weighted by Crippen LogP contribution is -2.38. The predicted molar refractivity (Wildman–Crippen MR) is 120 cm³/mol. The number of nitrogens with two attached hydrogens (primary N) is 1. The molecular formula is C24H28N4O3. The molecule has 3 aliphatic rings. The Labute approximate surface area is 181 Å². The molecule has 3 heterocycles. The molecule has 2 aliphatic heterocycles. The number of nitrogens with one attached hydrogen (secondary N) is 2. The Hall–Kier alpha value is -3.03. The highest BCUT2D eigenvalue weighted by molar-refractivity contribution is 6.10. The summed E-state index contributed by atoms with van der Waals surface area (Å²) in [7, 11) is 0. The van der Waals surface area contributed by atoms with E-state index < -0.39 is 0 Å². The van der Waals surface area contributed by atoms with Gasteiger partial charge < -0.3 is 25.5 Å². The van der Waals surface area contributed by atoms with Crippen LogP contribution < -0.4 is 15.8 Å². The molecule has 4 N–H and O–H groups in total. The summed E-state index contributed by atoms with van der Waals surface area (Å²) < 4.78 is 11.3. The van der Waals surface area contributed by atoms with Gasteiger partial charge >= 0.3 is 0 Å². The van der Waals surface area contributed by atoms with Crippen LogP contribution in [-0.4, -0.2) is 55.1 Å². The average Bonchev–Trinajstić information content (AvgIpc) is 3.41. The van der Waals surface area contributed by atoms with E-state index in [4.69, 9.17) is 15.2 Å². The van der Waals surface area contributed by atoms with Crippen LogP contribution in [0.3, 0.4) is 0 Å². The van der Waals surface area contributed by atoms with Crippen molar-refractivity contribution in [2.24, 2.45) is 17.6 Å². The van der Waals surface area contributed by atoms with Crippen LogP contribution in [0, 0.1) is 11.8 Å². The molecule has 0 spiro atoms. The van der Waals surface area contributed by atoms with Crippen LogP contribution in [-0.2, 0) is 4.74 Å². The molecule has 0 bridgehead atoms. The Morgan fingerprint density at radius 2 is 2.10 bits per heavy atom. The first kappa shape index (κ1) is 19.9. The first-order chi connectivity index (χ1) is 15.1. The van der Waals surface area contributed by atoms with Gasteiger partial charge in [0.1, 0.15) is 12.4 Å². The molecule has 7 nitrogen and oxygen atoms in total. The maximum Gasteiger partial charge on any atom is 0.225 e. The van der Waals surface area contributed by atoms with Crippen LogP contribution in [0.1, 0.15) is 17.4 Å². The number of carbonyl (C=O) groups is 1. The van der Waals surface area contributed by atoms with Gasteiger partial charge in [0.25, 0.3) is 0 Å². The second-order valence-electron chi connectivity index (χ2n) is 8.37. The number of fused-ring (bicyclic) bond motifs is 2. The van der Waals surface area contributed by atoms with Crippen molar-refractivity contribution >= 4 is 16.7 Å². The molecule has 1 aromatic carbocycles. The Morgan fingerprint density at radius 3 is 2.94 bits per heavy atom. The van der Waals surface area contributed by atoms with Crippen LogP contribution in [0.4, 0.5) is 0 Å². The number of nitrogens with zero attached hydrogens (tertiary/aromatic N) is 1. The number of allylic oxidation sites excluding steroid dienone is 5. The zero-order chi connectivity index (χ0) is 21.4. The van der Waals surface area contributed by atoms with Crippen molar-refractivity contribution in [3.8, 4) is 5.75 Å². The van der Waals surface area contributed by atoms with Crippen molar-refractivity contribution in [1.29, 1.82) is 0 Å². The summed E-state index contributed by atoms with van der Waals surface area (Å²) in [6.45, 7) is 7.08. The molecule has 31 heavy (non-hydrogen) atoms. The first-order valence-corrected chi connectivity index (χ1v) is 10.8. The average molecular weight is 421 g/mol. The van der Waals surface area contributed by atoms with Crippen LogP contribution in [0.2, 0.25) is 0 Å². The van der Waals surface area contributed by atoms with Gasteiger partial charge in [-0.3, -0.25) is 9.69 Å². The predicted octanol–water partition coefficient (Wildman–Crippen LogP) is 2.54. The topological polar surface area (TPSA) is 92.6 Å². The van der Waals surface area contributed by atoms with E-state index in [1.165, 1.54) is 0 Å². The Balaban J connectivity index is 1.26. The van der Waals surface area contributed by atoms with Crippen LogP contribution in [0.15, 0.2) is 59.6 Å². The van der Waals surface area contributed by atoms with Crippen molar-refractivity contribution in [3.05, 3.63) is 65.3 Å². The maximum atomic E-state index is 13.1. The SMILES string of the molecule is CC1C(N)=CC=C2NC(C(=O)c3cc4cc(OCCN5CCOCC5)ccc4[nH]3)=CC21. The van der Waals surface area contributed by atoms with Gasteiger partial charge in [0.15, 0.2) is 0 Å². The van der Waals surface area contributed by atoms with Crippen molar-refractivity contribution < 1.29 is 14.3 Å². The number of carbonyl (C=O) groups excluding carboxylic acids is 1. The number of aromatic nitrogens is 1. The third-order valence-corrected chi connectivity index (χ3v) is 6.37. The summed E-state index contributed by atoms with van der Waals surface area (Å²) in [5.41, 5.74) is 10.00. The minimum absolute atomic E-state index is 0.0490. The number of ketones is 1. The lowest BCUT2D eigenvalue weighted by atomic mass is 9.86. The van der Waals surface area contributed by atoms with Gasteiger partial charge in [-0.25, -0.2) is 0 Å². The van der Waals surface area contributed by atoms with E-state index in [0.29, 0.717) is 18.0 Å². The van der Waals surface area contributed by atoms with Gasteiger partial charge in [0.2, 0.25) is 5.78 Å². The fourth-order valence-electron chi connectivity index (χ4n) is 4.38. The van der Waals surface area contributed by atoms with Crippen LogP contribution in [0.25, 0.3) is 10.9 Å². The highest BCUT2D eigenvalue weighted by atomic mass is 16.5. The lowest BCUT2D eigenvalue weighted by molar-refractivity contribution is 0.0322. The van der Waals surface area contributed by atoms with E-state index in [2.05, 4.69) is 22.1 Å². The van der Waals surface area contributed by atoms with Crippen molar-refractivity contribution in [1.82, 2.24) is 15.2 Å². The number of Topliss-reactive ketones (excluding diaryl/α,β-unsaturated/α-hetero) is 1. The fourth-order valence-corrected chi connectivity index (χ4v) is 4.38. The van der Waals surface area contributed by atoms with E-state index in [1.807, 2.05) is 42.5 Å². The van der Waals surface area contributed by atoms with Crippen LogP contribution in [0.5, 0.6) is 5.75 Å². The zero-order valence-electron chi connectivity index (χ0n) is 17.7. The molecule has 1 fully saturated rings. The monoisotopic (exact) mass is 420 g/mol. The smallest absolute Gasteiger partial charge is 0.225 e. The number of H-pyrrole nitrogens is 1. The van der Waals surface area contributed by atoms with E-state index in [1.54, 1.807) is 0 Å². The van der Waals surface area contributed by atoms with Crippen LogP contribution >= 0.6 is 0 Å². The molecule has 5 rings (SSSR count). The highest BCUT2D eigenvalue weighted by Crippen LogP contribution is 2.34. The molecule has 0 radical (unpaired) electrons. The molecule has 2 aromatic rings. The third kappa shape index (κ3) is 3.98. The van der Waals surface area contributed by atoms with Gasteiger partial charge in [0, 0.05) is 53.8 Å². The summed E-state index contributed by atoms with van der Waals surface area (Å²) in [5, 5.41) is 4.23. The molecule has 1 saturated heterocycles.